The van der Waals surface area contributed by atoms with Crippen LogP contribution in [0.2, 0.25) is 0 Å². The number of nitrogens with one attached hydrogen (secondary N) is 1. The van der Waals surface area contributed by atoms with Gasteiger partial charge in [0.05, 0.1) is 0 Å². The molecule has 0 amide bonds. The largest absolute Gasteiger partial charge is 0.316 e. The number of rotatable bonds is 1. The Bertz CT molecular complexity index is 273. The third-order valence-corrected chi connectivity index (χ3v) is 2.71. The summed E-state index contributed by atoms with van der Waals surface area (Å²) in [6.45, 7) is 4.19. The molecule has 0 radical (unpaired) electrons. The molecule has 1 fully saturated rings. The van der Waals surface area contributed by atoms with Gasteiger partial charge in [0.25, 0.3) is 0 Å². The van der Waals surface area contributed by atoms with Crippen LogP contribution in [-0.2, 0) is 0 Å². The quantitative estimate of drug-likeness (QED) is 0.733. The zero-order valence-electron chi connectivity index (χ0n) is 8.66. The first-order valence-electron chi connectivity index (χ1n) is 5.35. The molecule has 2 heterocycles. The fourth-order valence-corrected chi connectivity index (χ4v) is 1.85. The molecule has 0 aliphatic carbocycles. The Kier molecular flexibility index (Phi) is 3.09. The lowest BCUT2D eigenvalue weighted by Crippen LogP contribution is -2.20. The maximum Gasteiger partial charge on any atom is 0.132 e. The van der Waals surface area contributed by atoms with Crippen molar-refractivity contribution in [3.8, 4) is 0 Å². The van der Waals surface area contributed by atoms with Crippen LogP contribution in [0.4, 0.5) is 0 Å². The van der Waals surface area contributed by atoms with Crippen LogP contribution in [0.5, 0.6) is 0 Å². The summed E-state index contributed by atoms with van der Waals surface area (Å²) in [5, 5.41) is 3.43. The fourth-order valence-electron chi connectivity index (χ4n) is 1.85. The van der Waals surface area contributed by atoms with Gasteiger partial charge in [-0.15, -0.1) is 0 Å². The molecule has 3 heteroatoms. The second-order valence-corrected chi connectivity index (χ2v) is 4.02. The summed E-state index contributed by atoms with van der Waals surface area (Å²) in [5.74, 6) is 1.52. The first kappa shape index (κ1) is 9.59. The zero-order valence-corrected chi connectivity index (χ0v) is 8.66. The highest BCUT2D eigenvalue weighted by Crippen LogP contribution is 2.19. The van der Waals surface area contributed by atoms with E-state index in [9.17, 15) is 0 Å². The summed E-state index contributed by atoms with van der Waals surface area (Å²) in [6, 6.07) is 0. The van der Waals surface area contributed by atoms with E-state index in [0.29, 0.717) is 5.92 Å². The van der Waals surface area contributed by atoms with Gasteiger partial charge in [0, 0.05) is 24.9 Å². The van der Waals surface area contributed by atoms with Crippen molar-refractivity contribution in [2.24, 2.45) is 0 Å². The predicted octanol–water partition coefficient (Wildman–Crippen LogP) is 1.64. The Morgan fingerprint density at radius 2 is 2.07 bits per heavy atom. The zero-order chi connectivity index (χ0) is 9.80. The van der Waals surface area contributed by atoms with Crippen LogP contribution in [-0.4, -0.2) is 23.1 Å². The highest BCUT2D eigenvalue weighted by molar-refractivity contribution is 5.05. The maximum absolute atomic E-state index is 4.39. The van der Waals surface area contributed by atoms with Crippen LogP contribution in [0.15, 0.2) is 12.4 Å². The van der Waals surface area contributed by atoms with Gasteiger partial charge in [-0.2, -0.15) is 0 Å². The van der Waals surface area contributed by atoms with Crippen LogP contribution in [0, 0.1) is 6.92 Å². The van der Waals surface area contributed by atoms with E-state index in [2.05, 4.69) is 15.3 Å². The second-order valence-electron chi connectivity index (χ2n) is 4.02. The molecule has 0 aromatic carbocycles. The van der Waals surface area contributed by atoms with Crippen molar-refractivity contribution < 1.29 is 0 Å². The van der Waals surface area contributed by atoms with Gasteiger partial charge in [-0.3, -0.25) is 0 Å². The molecule has 1 unspecified atom stereocenters. The average molecular weight is 191 g/mol. The number of nitrogens with zero attached hydrogens (tertiary/aromatic N) is 2. The number of aryl methyl sites for hydroxylation is 1. The molecular formula is C11H17N3. The van der Waals surface area contributed by atoms with Gasteiger partial charge in [0.2, 0.25) is 0 Å². The molecule has 76 valence electrons. The Labute approximate surface area is 85.0 Å². The molecule has 14 heavy (non-hydrogen) atoms. The minimum absolute atomic E-state index is 0.512. The fraction of sp³-hybridized carbons (Fsp3) is 0.636. The van der Waals surface area contributed by atoms with E-state index in [4.69, 9.17) is 0 Å². The highest BCUT2D eigenvalue weighted by Gasteiger charge is 2.15. The molecule has 1 N–H and O–H groups in total. The molecule has 1 aromatic heterocycles. The molecule has 3 nitrogen and oxygen atoms in total. The molecule has 1 aliphatic heterocycles. The molecular weight excluding hydrogens is 174 g/mol. The van der Waals surface area contributed by atoms with Gasteiger partial charge in [-0.05, 0) is 31.9 Å². The Morgan fingerprint density at radius 3 is 2.86 bits per heavy atom. The van der Waals surface area contributed by atoms with E-state index < -0.39 is 0 Å². The highest BCUT2D eigenvalue weighted by atomic mass is 14.9. The van der Waals surface area contributed by atoms with Crippen molar-refractivity contribution in [2.45, 2.75) is 32.1 Å². The van der Waals surface area contributed by atoms with Gasteiger partial charge in [-0.25, -0.2) is 9.97 Å². The van der Waals surface area contributed by atoms with E-state index >= 15 is 0 Å². The van der Waals surface area contributed by atoms with Gasteiger partial charge >= 0.3 is 0 Å². The molecule has 0 spiro atoms. The van der Waals surface area contributed by atoms with E-state index in [1.165, 1.54) is 19.3 Å². The molecule has 1 saturated heterocycles. The van der Waals surface area contributed by atoms with E-state index in [-0.39, 0.29) is 0 Å². The van der Waals surface area contributed by atoms with Crippen molar-refractivity contribution in [1.82, 2.24) is 15.3 Å². The first-order valence-corrected chi connectivity index (χ1v) is 5.35. The maximum atomic E-state index is 4.39. The van der Waals surface area contributed by atoms with Crippen molar-refractivity contribution >= 4 is 0 Å². The van der Waals surface area contributed by atoms with Crippen LogP contribution < -0.4 is 5.32 Å². The van der Waals surface area contributed by atoms with E-state index in [1.807, 2.05) is 19.3 Å². The van der Waals surface area contributed by atoms with Gasteiger partial charge in [0.1, 0.15) is 5.82 Å². The summed E-state index contributed by atoms with van der Waals surface area (Å²) >= 11 is 0. The summed E-state index contributed by atoms with van der Waals surface area (Å²) < 4.78 is 0. The molecule has 2 rings (SSSR count). The normalized spacial score (nSPS) is 23.1. The van der Waals surface area contributed by atoms with Gasteiger partial charge < -0.3 is 5.32 Å². The summed E-state index contributed by atoms with van der Waals surface area (Å²) in [5.41, 5.74) is 1.13. The second kappa shape index (κ2) is 4.51. The lowest BCUT2D eigenvalue weighted by molar-refractivity contribution is 0.577. The molecule has 1 atom stereocenters. The number of hydrogen-bond donors (Lipinski definition) is 1. The van der Waals surface area contributed by atoms with Crippen LogP contribution in [0.25, 0.3) is 0 Å². The van der Waals surface area contributed by atoms with Crippen molar-refractivity contribution in [2.75, 3.05) is 13.1 Å². The molecule has 0 saturated carbocycles. The Balaban J connectivity index is 2.08. The van der Waals surface area contributed by atoms with Crippen molar-refractivity contribution in [3.05, 3.63) is 23.8 Å². The summed E-state index contributed by atoms with van der Waals surface area (Å²) in [6.07, 6.45) is 7.60. The molecule has 0 bridgehead atoms. The van der Waals surface area contributed by atoms with Crippen LogP contribution >= 0.6 is 0 Å². The van der Waals surface area contributed by atoms with Crippen molar-refractivity contribution in [3.63, 3.8) is 0 Å². The molecule has 1 aromatic rings. The van der Waals surface area contributed by atoms with Crippen LogP contribution in [0.1, 0.15) is 36.6 Å². The van der Waals surface area contributed by atoms with Crippen LogP contribution in [0.3, 0.4) is 0 Å². The number of aromatic nitrogens is 2. The monoisotopic (exact) mass is 191 g/mol. The van der Waals surface area contributed by atoms with Gasteiger partial charge in [0.15, 0.2) is 0 Å². The first-order chi connectivity index (χ1) is 6.86. The smallest absolute Gasteiger partial charge is 0.132 e. The summed E-state index contributed by atoms with van der Waals surface area (Å²) in [7, 11) is 0. The minimum atomic E-state index is 0.512. The lowest BCUT2D eigenvalue weighted by atomic mass is 10.0. The minimum Gasteiger partial charge on any atom is -0.316 e. The molecule has 1 aliphatic rings. The Morgan fingerprint density at radius 1 is 1.29 bits per heavy atom. The van der Waals surface area contributed by atoms with E-state index in [0.717, 1.165) is 24.5 Å². The van der Waals surface area contributed by atoms with Crippen molar-refractivity contribution in [1.29, 1.82) is 0 Å². The third-order valence-electron chi connectivity index (χ3n) is 2.71. The van der Waals surface area contributed by atoms with Gasteiger partial charge in [-0.1, -0.05) is 6.42 Å². The SMILES string of the molecule is Cc1cnc(C2CCCCNC2)nc1. The topological polar surface area (TPSA) is 37.8 Å². The third kappa shape index (κ3) is 2.29. The number of hydrogen-bond acceptors (Lipinski definition) is 3. The Hall–Kier alpha value is -0.960. The lowest BCUT2D eigenvalue weighted by Gasteiger charge is -2.11. The standard InChI is InChI=1S/C11H17N3/c1-9-6-13-11(14-7-9)10-4-2-3-5-12-8-10/h6-7,10,12H,2-5,8H2,1H3. The van der Waals surface area contributed by atoms with E-state index in [1.54, 1.807) is 0 Å². The predicted molar refractivity (Wildman–Crippen MR) is 56.2 cm³/mol. The summed E-state index contributed by atoms with van der Waals surface area (Å²) in [4.78, 5) is 8.78. The average Bonchev–Trinajstić information content (AvgIpc) is 2.47.